The van der Waals surface area contributed by atoms with Crippen molar-refractivity contribution in [3.63, 3.8) is 0 Å². The maximum absolute atomic E-state index is 10.1. The number of aromatic nitrogens is 8. The summed E-state index contributed by atoms with van der Waals surface area (Å²) >= 11 is 0. The van der Waals surface area contributed by atoms with E-state index in [0.717, 1.165) is 24.3 Å². The lowest BCUT2D eigenvalue weighted by molar-refractivity contribution is -0.251. The van der Waals surface area contributed by atoms with Crippen molar-refractivity contribution in [1.29, 1.82) is 0 Å². The first-order valence-electron chi connectivity index (χ1n) is 11.2. The highest BCUT2D eigenvalue weighted by Gasteiger charge is 2.44. The molecule has 0 bridgehead atoms. The van der Waals surface area contributed by atoms with Crippen LogP contribution in [0.1, 0.15) is 26.5 Å². The highest BCUT2D eigenvalue weighted by atomic mass is 16.6. The molecule has 1 saturated heterocycles. The Hall–Kier alpha value is -3.30. The largest absolute Gasteiger partial charge is 0.394 e. The SMILES string of the molecule is CC(C)CCNc1ncnc2nc[nH]c12.OC[C@H]1OC(n2cncc3ncnc2-3)[C@H](O)[C@@H](O)[C@@H]1O. The molecule has 0 aromatic carbocycles. The van der Waals surface area contributed by atoms with Gasteiger partial charge in [-0.05, 0) is 12.3 Å². The number of rotatable bonds is 6. The van der Waals surface area contributed by atoms with Gasteiger partial charge in [0.2, 0.25) is 0 Å². The fourth-order valence-corrected chi connectivity index (χ4v) is 3.67. The van der Waals surface area contributed by atoms with Crippen LogP contribution in [0.5, 0.6) is 0 Å². The van der Waals surface area contributed by atoms with Crippen LogP contribution in [0.15, 0.2) is 31.5 Å². The number of ether oxygens (including phenoxy) is 1. The van der Waals surface area contributed by atoms with E-state index < -0.39 is 37.3 Å². The van der Waals surface area contributed by atoms with Gasteiger partial charge in [-0.3, -0.25) is 4.57 Å². The molecular weight excluding hydrogens is 458 g/mol. The second kappa shape index (κ2) is 11.0. The molecule has 0 aliphatic carbocycles. The molecule has 14 heteroatoms. The van der Waals surface area contributed by atoms with Crippen LogP contribution in [0.2, 0.25) is 0 Å². The van der Waals surface area contributed by atoms with Gasteiger partial charge in [0, 0.05) is 6.54 Å². The van der Waals surface area contributed by atoms with E-state index >= 15 is 0 Å². The molecule has 3 aliphatic heterocycles. The fraction of sp³-hybridized carbons (Fsp3) is 0.524. The monoisotopic (exact) mass is 487 g/mol. The number of aliphatic hydroxyl groups is 4. The summed E-state index contributed by atoms with van der Waals surface area (Å²) in [6.45, 7) is 4.84. The maximum atomic E-state index is 10.1. The zero-order valence-electron chi connectivity index (χ0n) is 19.3. The predicted molar refractivity (Wildman–Crippen MR) is 123 cm³/mol. The number of nitrogens with zero attached hydrogens (tertiary/aromatic N) is 7. The Kier molecular flexibility index (Phi) is 7.77. The lowest BCUT2D eigenvalue weighted by Crippen LogP contribution is -2.56. The standard InChI is InChI=1S/C11H14N4O5.C10H15N5/c16-2-6-7(17)8(18)9(19)11(20-6)15-4-12-1-5-10(15)14-3-13-5;1-7(2)3-4-11-9-8-10(13-5-12-8)15-6-14-9/h1,3-4,6-9,11,16-19H,2H2;5-7H,3-4H2,1-2H3,(H2,11,12,13,14,15)/t6-,7-,8+,9-,11?;/m1./s1. The molecule has 3 aliphatic rings. The van der Waals surface area contributed by atoms with Crippen LogP contribution in [0.3, 0.4) is 0 Å². The first-order chi connectivity index (χ1) is 16.9. The van der Waals surface area contributed by atoms with E-state index in [1.54, 1.807) is 6.33 Å². The third-order valence-electron chi connectivity index (χ3n) is 5.62. The highest BCUT2D eigenvalue weighted by Crippen LogP contribution is 2.31. The number of H-pyrrole nitrogens is 1. The van der Waals surface area contributed by atoms with Crippen LogP contribution < -0.4 is 5.32 Å². The molecule has 35 heavy (non-hydrogen) atoms. The number of nitrogens with one attached hydrogen (secondary N) is 2. The molecule has 0 spiro atoms. The van der Waals surface area contributed by atoms with Crippen molar-refractivity contribution in [1.82, 2.24) is 39.5 Å². The van der Waals surface area contributed by atoms with E-state index in [2.05, 4.69) is 54.1 Å². The summed E-state index contributed by atoms with van der Waals surface area (Å²) in [6, 6.07) is 0. The summed E-state index contributed by atoms with van der Waals surface area (Å²) in [7, 11) is 0. The molecule has 0 amide bonds. The molecule has 2 aromatic rings. The minimum atomic E-state index is -1.45. The summed E-state index contributed by atoms with van der Waals surface area (Å²) in [4.78, 5) is 27.3. The molecule has 0 radical (unpaired) electrons. The van der Waals surface area contributed by atoms with Gasteiger partial charge in [-0.1, -0.05) is 13.8 Å². The second-order valence-electron chi connectivity index (χ2n) is 8.54. The number of aromatic amines is 1. The van der Waals surface area contributed by atoms with Crippen LogP contribution in [0, 0.1) is 5.92 Å². The van der Waals surface area contributed by atoms with Gasteiger partial charge in [-0.2, -0.15) is 0 Å². The van der Waals surface area contributed by atoms with Gasteiger partial charge in [0.1, 0.15) is 48.3 Å². The number of imidazole rings is 2. The third kappa shape index (κ3) is 5.36. The summed E-state index contributed by atoms with van der Waals surface area (Å²) < 4.78 is 6.85. The molecule has 14 nitrogen and oxygen atoms in total. The zero-order valence-corrected chi connectivity index (χ0v) is 19.3. The molecule has 1 fully saturated rings. The van der Waals surface area contributed by atoms with Gasteiger partial charge in [0.25, 0.3) is 0 Å². The summed E-state index contributed by atoms with van der Waals surface area (Å²) in [5, 5.41) is 42.1. The molecule has 5 rings (SSSR count). The van der Waals surface area contributed by atoms with E-state index in [1.165, 1.54) is 29.7 Å². The molecule has 6 N–H and O–H groups in total. The average molecular weight is 488 g/mol. The second-order valence-corrected chi connectivity index (χ2v) is 8.54. The van der Waals surface area contributed by atoms with Crippen molar-refractivity contribution < 1.29 is 25.2 Å². The van der Waals surface area contributed by atoms with Crippen molar-refractivity contribution in [2.75, 3.05) is 18.5 Å². The van der Waals surface area contributed by atoms with E-state index in [9.17, 15) is 20.4 Å². The Morgan fingerprint density at radius 1 is 1.06 bits per heavy atom. The Morgan fingerprint density at radius 2 is 1.86 bits per heavy atom. The molecule has 2 aromatic heterocycles. The summed E-state index contributed by atoms with van der Waals surface area (Å²) in [6.07, 6.45) is 2.26. The summed E-state index contributed by atoms with van der Waals surface area (Å²) in [5.41, 5.74) is 2.09. The average Bonchev–Trinajstić information content (AvgIpc) is 3.53. The Bertz CT molecular complexity index is 1180. The topological polar surface area (TPSA) is 200 Å². The number of aliphatic hydroxyl groups excluding tert-OH is 4. The van der Waals surface area contributed by atoms with Crippen molar-refractivity contribution in [2.45, 2.75) is 50.9 Å². The van der Waals surface area contributed by atoms with Crippen LogP contribution in [-0.2, 0) is 4.74 Å². The van der Waals surface area contributed by atoms with Gasteiger partial charge >= 0.3 is 0 Å². The minimum Gasteiger partial charge on any atom is -0.394 e. The molecule has 5 atom stereocenters. The molecule has 1 unspecified atom stereocenters. The van der Waals surface area contributed by atoms with E-state index in [1.807, 2.05) is 0 Å². The molecule has 188 valence electrons. The van der Waals surface area contributed by atoms with Gasteiger partial charge in [-0.15, -0.1) is 0 Å². The fourth-order valence-electron chi connectivity index (χ4n) is 3.67. The number of hydrogen-bond acceptors (Lipinski definition) is 12. The number of anilines is 1. The lowest BCUT2D eigenvalue weighted by atomic mass is 9.98. The Labute approximate surface area is 200 Å². The molecular formula is C21H29N9O5. The third-order valence-corrected chi connectivity index (χ3v) is 5.62. The van der Waals surface area contributed by atoms with Gasteiger partial charge in [0.15, 0.2) is 23.5 Å². The smallest absolute Gasteiger partial charge is 0.182 e. The van der Waals surface area contributed by atoms with Crippen LogP contribution in [0.4, 0.5) is 5.82 Å². The first-order valence-corrected chi connectivity index (χ1v) is 11.2. The quantitative estimate of drug-likeness (QED) is 0.205. The van der Waals surface area contributed by atoms with Crippen LogP contribution in [0.25, 0.3) is 22.7 Å². The Morgan fingerprint density at radius 3 is 2.63 bits per heavy atom. The van der Waals surface area contributed by atoms with Crippen molar-refractivity contribution in [3.8, 4) is 11.5 Å². The highest BCUT2D eigenvalue weighted by molar-refractivity contribution is 5.81. The minimum absolute atomic E-state index is 0.421. The van der Waals surface area contributed by atoms with E-state index in [-0.39, 0.29) is 0 Å². The van der Waals surface area contributed by atoms with Crippen molar-refractivity contribution in [3.05, 3.63) is 31.5 Å². The van der Waals surface area contributed by atoms with E-state index in [4.69, 9.17) is 4.74 Å². The maximum Gasteiger partial charge on any atom is 0.182 e. The van der Waals surface area contributed by atoms with Gasteiger partial charge in [0.05, 0.1) is 25.5 Å². The molecule has 0 saturated carbocycles. The van der Waals surface area contributed by atoms with E-state index in [0.29, 0.717) is 23.1 Å². The van der Waals surface area contributed by atoms with Crippen molar-refractivity contribution >= 4 is 17.0 Å². The number of hydrogen-bond donors (Lipinski definition) is 6. The van der Waals surface area contributed by atoms with Crippen LogP contribution >= 0.6 is 0 Å². The summed E-state index contributed by atoms with van der Waals surface area (Å²) in [5.74, 6) is 1.94. The number of fused-ring (bicyclic) bond motifs is 2. The van der Waals surface area contributed by atoms with Crippen molar-refractivity contribution in [2.24, 2.45) is 5.92 Å². The Balaban J connectivity index is 0.000000172. The molecule has 5 heterocycles. The zero-order chi connectivity index (χ0) is 24.9. The lowest BCUT2D eigenvalue weighted by Gasteiger charge is -2.40. The van der Waals surface area contributed by atoms with Gasteiger partial charge in [-0.25, -0.2) is 29.9 Å². The van der Waals surface area contributed by atoms with Crippen LogP contribution in [-0.4, -0.2) is 97.4 Å². The predicted octanol–water partition coefficient (Wildman–Crippen LogP) is -0.439. The normalized spacial score (nSPS) is 24.5. The first kappa shape index (κ1) is 24.8. The van der Waals surface area contributed by atoms with Gasteiger partial charge < -0.3 is 35.5 Å².